The molecule has 3 aromatic carbocycles. The molecule has 0 heterocycles. The summed E-state index contributed by atoms with van der Waals surface area (Å²) >= 11 is 6.81. The second kappa shape index (κ2) is 11.4. The summed E-state index contributed by atoms with van der Waals surface area (Å²) in [6.45, 7) is 0.152. The highest BCUT2D eigenvalue weighted by Crippen LogP contribution is 2.36. The van der Waals surface area contributed by atoms with Gasteiger partial charge in [0, 0.05) is 30.0 Å². The highest BCUT2D eigenvalue weighted by Gasteiger charge is 2.14. The zero-order chi connectivity index (χ0) is 25.5. The molecule has 0 aromatic heterocycles. The number of benzene rings is 3. The third-order valence-electron chi connectivity index (χ3n) is 4.54. The lowest BCUT2D eigenvalue weighted by Crippen LogP contribution is -2.13. The largest absolute Gasteiger partial charge is 0.487 e. The van der Waals surface area contributed by atoms with Crippen molar-refractivity contribution in [2.45, 2.75) is 6.61 Å². The number of nitrogens with zero attached hydrogens (tertiary/aromatic N) is 3. The topological polar surface area (TPSA) is 148 Å². The van der Waals surface area contributed by atoms with Gasteiger partial charge in [-0.25, -0.2) is 0 Å². The summed E-state index contributed by atoms with van der Waals surface area (Å²) in [5.41, 5.74) is 0.996. The summed E-state index contributed by atoms with van der Waals surface area (Å²) in [4.78, 5) is 33.1. The minimum atomic E-state index is -0.723. The van der Waals surface area contributed by atoms with E-state index in [2.05, 4.69) is 37.2 Å². The first kappa shape index (κ1) is 25.5. The monoisotopic (exact) mass is 600 g/mol. The van der Waals surface area contributed by atoms with Gasteiger partial charge in [-0.1, -0.05) is 6.07 Å². The molecular formula is C23H14Br2N4O6. The van der Waals surface area contributed by atoms with Gasteiger partial charge in [0.15, 0.2) is 0 Å². The van der Waals surface area contributed by atoms with Crippen LogP contribution in [0.1, 0.15) is 11.1 Å². The zero-order valence-corrected chi connectivity index (χ0v) is 20.8. The van der Waals surface area contributed by atoms with Crippen molar-refractivity contribution in [2.24, 2.45) is 0 Å². The Balaban J connectivity index is 1.75. The Morgan fingerprint density at radius 3 is 2.20 bits per heavy atom. The number of nitriles is 1. The number of hydrogen-bond acceptors (Lipinski definition) is 7. The molecule has 0 aliphatic carbocycles. The molecule has 1 amide bonds. The Bertz CT molecular complexity index is 1360. The number of non-ortho nitro benzene ring substituents is 2. The van der Waals surface area contributed by atoms with E-state index in [0.717, 1.165) is 5.56 Å². The van der Waals surface area contributed by atoms with Crippen molar-refractivity contribution in [2.75, 3.05) is 5.32 Å². The lowest BCUT2D eigenvalue weighted by molar-refractivity contribution is -0.385. The normalized spacial score (nSPS) is 10.8. The van der Waals surface area contributed by atoms with E-state index >= 15 is 0 Å². The van der Waals surface area contributed by atoms with Crippen LogP contribution < -0.4 is 10.1 Å². The molecule has 3 aromatic rings. The summed E-state index contributed by atoms with van der Waals surface area (Å²) < 4.78 is 6.89. The lowest BCUT2D eigenvalue weighted by atomic mass is 10.1. The molecule has 0 unspecified atom stereocenters. The maximum absolute atomic E-state index is 12.5. The number of rotatable bonds is 8. The molecule has 0 aliphatic rings. The highest BCUT2D eigenvalue weighted by atomic mass is 79.9. The van der Waals surface area contributed by atoms with Crippen LogP contribution in [0.25, 0.3) is 6.08 Å². The predicted molar refractivity (Wildman–Crippen MR) is 135 cm³/mol. The predicted octanol–water partition coefficient (Wildman–Crippen LogP) is 6.15. The van der Waals surface area contributed by atoms with Crippen LogP contribution in [0.2, 0.25) is 0 Å². The number of carbonyl (C=O) groups excluding carboxylic acids is 1. The Morgan fingerprint density at radius 2 is 1.63 bits per heavy atom. The van der Waals surface area contributed by atoms with Gasteiger partial charge < -0.3 is 10.1 Å². The molecule has 0 spiro atoms. The molecule has 0 aliphatic heterocycles. The molecule has 0 bridgehead atoms. The quantitative estimate of drug-likeness (QED) is 0.141. The maximum atomic E-state index is 12.5. The first-order valence-corrected chi connectivity index (χ1v) is 11.3. The smallest absolute Gasteiger partial charge is 0.271 e. The van der Waals surface area contributed by atoms with Crippen molar-refractivity contribution in [1.29, 1.82) is 5.26 Å². The Hall–Kier alpha value is -4.08. The van der Waals surface area contributed by atoms with Crippen LogP contribution in [0.15, 0.2) is 75.2 Å². The molecule has 35 heavy (non-hydrogen) atoms. The molecule has 1 N–H and O–H groups in total. The highest BCUT2D eigenvalue weighted by molar-refractivity contribution is 9.11. The van der Waals surface area contributed by atoms with Gasteiger partial charge >= 0.3 is 0 Å². The molecular weight excluding hydrogens is 588 g/mol. The fourth-order valence-corrected chi connectivity index (χ4v) is 4.33. The van der Waals surface area contributed by atoms with Crippen LogP contribution in [0, 0.1) is 31.6 Å². The van der Waals surface area contributed by atoms with Gasteiger partial charge in [-0.15, -0.1) is 0 Å². The van der Waals surface area contributed by atoms with E-state index in [1.54, 1.807) is 24.3 Å². The van der Waals surface area contributed by atoms with Gasteiger partial charge in [0.2, 0.25) is 0 Å². The van der Waals surface area contributed by atoms with Gasteiger partial charge in [-0.2, -0.15) is 5.26 Å². The molecule has 12 heteroatoms. The molecule has 0 saturated carbocycles. The number of anilines is 1. The van der Waals surface area contributed by atoms with Crippen LogP contribution in [-0.2, 0) is 11.4 Å². The zero-order valence-electron chi connectivity index (χ0n) is 17.6. The van der Waals surface area contributed by atoms with E-state index in [0.29, 0.717) is 20.3 Å². The van der Waals surface area contributed by atoms with E-state index in [1.807, 2.05) is 6.07 Å². The third kappa shape index (κ3) is 6.72. The average molecular weight is 602 g/mol. The summed E-state index contributed by atoms with van der Waals surface area (Å²) in [6, 6.07) is 16.5. The number of ether oxygens (including phenoxy) is 1. The summed E-state index contributed by atoms with van der Waals surface area (Å²) in [7, 11) is 0. The number of carbonyl (C=O) groups is 1. The molecule has 0 fully saturated rings. The van der Waals surface area contributed by atoms with Crippen LogP contribution in [0.5, 0.6) is 5.75 Å². The fourth-order valence-electron chi connectivity index (χ4n) is 2.88. The molecule has 10 nitrogen and oxygen atoms in total. The number of nitro benzene ring substituents is 2. The van der Waals surface area contributed by atoms with E-state index in [9.17, 15) is 30.3 Å². The average Bonchev–Trinajstić information content (AvgIpc) is 2.82. The Labute approximate surface area is 215 Å². The van der Waals surface area contributed by atoms with Crippen molar-refractivity contribution in [3.63, 3.8) is 0 Å². The number of halogens is 2. The van der Waals surface area contributed by atoms with Gasteiger partial charge in [0.05, 0.1) is 18.8 Å². The van der Waals surface area contributed by atoms with Crippen molar-refractivity contribution in [3.8, 4) is 11.8 Å². The van der Waals surface area contributed by atoms with Gasteiger partial charge in [-0.05, 0) is 79.4 Å². The first-order valence-electron chi connectivity index (χ1n) is 9.70. The Morgan fingerprint density at radius 1 is 1.00 bits per heavy atom. The molecule has 176 valence electrons. The second-order valence-electron chi connectivity index (χ2n) is 6.96. The Kier molecular flexibility index (Phi) is 8.30. The van der Waals surface area contributed by atoms with Crippen molar-refractivity contribution < 1.29 is 19.4 Å². The van der Waals surface area contributed by atoms with E-state index in [-0.39, 0.29) is 29.2 Å². The number of amides is 1. The number of nitro groups is 2. The van der Waals surface area contributed by atoms with Crippen molar-refractivity contribution in [3.05, 3.63) is 107 Å². The van der Waals surface area contributed by atoms with Crippen LogP contribution in [0.3, 0.4) is 0 Å². The molecule has 3 rings (SSSR count). The van der Waals surface area contributed by atoms with E-state index < -0.39 is 15.8 Å². The molecule has 0 radical (unpaired) electrons. The van der Waals surface area contributed by atoms with Crippen LogP contribution in [0.4, 0.5) is 17.1 Å². The van der Waals surface area contributed by atoms with E-state index in [4.69, 9.17) is 4.74 Å². The standard InChI is InChI=1S/C23H14Br2N4O6/c24-20-9-15(8-16(12-26)23(30)27-17-2-1-3-19(11-17)29(33)34)10-21(25)22(20)35-13-14-4-6-18(7-5-14)28(31)32/h1-11H,13H2,(H,27,30)/b16-8+. The van der Waals surface area contributed by atoms with Crippen LogP contribution >= 0.6 is 31.9 Å². The number of nitrogens with one attached hydrogen (secondary N) is 1. The van der Waals surface area contributed by atoms with Gasteiger partial charge in [0.25, 0.3) is 17.3 Å². The SMILES string of the molecule is N#C/C(=C\c1cc(Br)c(OCc2ccc([N+](=O)[O-])cc2)c(Br)c1)C(=O)Nc1cccc([N+](=O)[O-])c1. The van der Waals surface area contributed by atoms with E-state index in [1.165, 1.54) is 42.5 Å². The van der Waals surface area contributed by atoms with Crippen LogP contribution in [-0.4, -0.2) is 15.8 Å². The van der Waals surface area contributed by atoms with Crippen molar-refractivity contribution >= 4 is 60.9 Å². The second-order valence-corrected chi connectivity index (χ2v) is 8.67. The van der Waals surface area contributed by atoms with Gasteiger partial charge in [-0.3, -0.25) is 25.0 Å². The maximum Gasteiger partial charge on any atom is 0.271 e. The summed E-state index contributed by atoms with van der Waals surface area (Å²) in [5, 5.41) is 33.6. The first-order chi connectivity index (χ1) is 16.7. The number of hydrogen-bond donors (Lipinski definition) is 1. The lowest BCUT2D eigenvalue weighted by Gasteiger charge is -2.12. The third-order valence-corrected chi connectivity index (χ3v) is 5.72. The molecule has 0 atom stereocenters. The minimum absolute atomic E-state index is 0.0185. The summed E-state index contributed by atoms with van der Waals surface area (Å²) in [6.07, 6.45) is 1.36. The minimum Gasteiger partial charge on any atom is -0.487 e. The van der Waals surface area contributed by atoms with Gasteiger partial charge in [0.1, 0.15) is 24.0 Å². The summed E-state index contributed by atoms with van der Waals surface area (Å²) in [5.74, 6) is -0.265. The molecule has 0 saturated heterocycles. The van der Waals surface area contributed by atoms with Crippen molar-refractivity contribution in [1.82, 2.24) is 0 Å². The fraction of sp³-hybridized carbons (Fsp3) is 0.0435.